The quantitative estimate of drug-likeness (QED) is 0.653. The fourth-order valence-electron chi connectivity index (χ4n) is 4.64. The average Bonchev–Trinajstić information content (AvgIpc) is 3.27. The zero-order valence-electron chi connectivity index (χ0n) is 18.0. The van der Waals surface area contributed by atoms with E-state index in [-0.39, 0.29) is 30.6 Å². The first-order chi connectivity index (χ1) is 15.4. The number of amidine groups is 1. The summed E-state index contributed by atoms with van der Waals surface area (Å²) in [5.74, 6) is 0.501. The number of ether oxygens (including phenoxy) is 2. The number of hydrogen-bond donors (Lipinski definition) is 2. The number of nitrogens with one attached hydrogen (secondary N) is 2. The average molecular weight is 433 g/mol. The number of Topliss-reactive ketones (excluding diaryl/α,β-unsaturated/α-hetero) is 1. The molecule has 1 spiro atoms. The van der Waals surface area contributed by atoms with Gasteiger partial charge in [-0.1, -0.05) is 12.1 Å². The van der Waals surface area contributed by atoms with Gasteiger partial charge in [0.2, 0.25) is 5.91 Å². The summed E-state index contributed by atoms with van der Waals surface area (Å²) in [6, 6.07) is 12.8. The van der Waals surface area contributed by atoms with E-state index >= 15 is 0 Å². The van der Waals surface area contributed by atoms with Gasteiger partial charge in [0.1, 0.15) is 34.6 Å². The van der Waals surface area contributed by atoms with Crippen LogP contribution in [0.15, 0.2) is 42.5 Å². The highest BCUT2D eigenvalue weighted by Gasteiger charge is 2.64. The molecule has 1 unspecified atom stereocenters. The molecule has 9 nitrogen and oxygen atoms in total. The molecule has 3 aromatic rings. The molecule has 0 aliphatic carbocycles. The highest BCUT2D eigenvalue weighted by molar-refractivity contribution is 6.27. The zero-order chi connectivity index (χ0) is 22.6. The van der Waals surface area contributed by atoms with Crippen LogP contribution < -0.4 is 14.4 Å². The van der Waals surface area contributed by atoms with Crippen LogP contribution in [0.1, 0.15) is 18.7 Å². The number of amides is 1. The van der Waals surface area contributed by atoms with Crippen molar-refractivity contribution >= 4 is 34.2 Å². The topological polar surface area (TPSA) is 112 Å². The van der Waals surface area contributed by atoms with Gasteiger partial charge in [-0.15, -0.1) is 0 Å². The van der Waals surface area contributed by atoms with Crippen molar-refractivity contribution in [3.8, 4) is 11.5 Å². The molecule has 1 atom stereocenters. The molecule has 0 saturated carbocycles. The summed E-state index contributed by atoms with van der Waals surface area (Å²) in [7, 11) is 3.10. The first kappa shape index (κ1) is 20.0. The van der Waals surface area contributed by atoms with E-state index in [0.717, 1.165) is 11.0 Å². The summed E-state index contributed by atoms with van der Waals surface area (Å²) in [4.78, 5) is 36.9. The molecule has 0 radical (unpaired) electrons. The number of nitrogens with zero attached hydrogens (tertiary/aromatic N) is 3. The lowest BCUT2D eigenvalue weighted by molar-refractivity contribution is -0.141. The van der Waals surface area contributed by atoms with Crippen molar-refractivity contribution in [1.29, 1.82) is 5.41 Å². The number of rotatable bonds is 4. The number of methoxy groups -OCH3 is 2. The van der Waals surface area contributed by atoms with Gasteiger partial charge >= 0.3 is 0 Å². The highest BCUT2D eigenvalue weighted by atomic mass is 16.5. The van der Waals surface area contributed by atoms with Crippen LogP contribution in [0.3, 0.4) is 0 Å². The number of aromatic nitrogens is 2. The lowest BCUT2D eigenvalue weighted by Gasteiger charge is -2.51. The van der Waals surface area contributed by atoms with Gasteiger partial charge in [-0.3, -0.25) is 15.0 Å². The molecule has 5 rings (SSSR count). The minimum absolute atomic E-state index is 0.104. The summed E-state index contributed by atoms with van der Waals surface area (Å²) in [5, 5.41) is 9.02. The second kappa shape index (κ2) is 7.08. The summed E-state index contributed by atoms with van der Waals surface area (Å²) < 4.78 is 10.8. The lowest BCUT2D eigenvalue weighted by Crippen LogP contribution is -2.72. The summed E-state index contributed by atoms with van der Waals surface area (Å²) in [5.41, 5.74) is 1.10. The summed E-state index contributed by atoms with van der Waals surface area (Å²) in [6.07, 6.45) is 0. The van der Waals surface area contributed by atoms with Crippen molar-refractivity contribution in [3.05, 3.63) is 48.3 Å². The number of benzene rings is 2. The van der Waals surface area contributed by atoms with Crippen LogP contribution in [0.5, 0.6) is 11.5 Å². The Balaban J connectivity index is 1.63. The van der Waals surface area contributed by atoms with Crippen molar-refractivity contribution in [2.75, 3.05) is 32.2 Å². The Hall–Kier alpha value is -3.88. The van der Waals surface area contributed by atoms with E-state index in [2.05, 4.69) is 9.97 Å². The Bertz CT molecular complexity index is 1210. The predicted octanol–water partition coefficient (Wildman–Crippen LogP) is 2.33. The van der Waals surface area contributed by atoms with Gasteiger partial charge in [-0.05, 0) is 12.1 Å². The van der Waals surface area contributed by atoms with Crippen molar-refractivity contribution in [3.63, 3.8) is 0 Å². The lowest BCUT2D eigenvalue weighted by atomic mass is 9.82. The summed E-state index contributed by atoms with van der Waals surface area (Å²) >= 11 is 0. The highest BCUT2D eigenvalue weighted by Crippen LogP contribution is 2.46. The van der Waals surface area contributed by atoms with E-state index in [1.807, 2.05) is 24.3 Å². The van der Waals surface area contributed by atoms with Crippen LogP contribution in [0.4, 0.5) is 5.69 Å². The fourth-order valence-corrected chi connectivity index (χ4v) is 4.64. The Kier molecular flexibility index (Phi) is 4.44. The SMILES string of the molecule is COc1cc(OC)cc(N2C(=N)C(c3nc4ccccc4[nH]3)C(=O)C23CN(C(C)=O)C3)c1. The number of ketones is 1. The molecule has 3 heterocycles. The molecule has 2 N–H and O–H groups in total. The van der Waals surface area contributed by atoms with E-state index in [1.54, 1.807) is 42.2 Å². The number of aromatic amines is 1. The smallest absolute Gasteiger partial charge is 0.219 e. The van der Waals surface area contributed by atoms with Gasteiger partial charge in [0, 0.05) is 25.1 Å². The van der Waals surface area contributed by atoms with Crippen LogP contribution >= 0.6 is 0 Å². The summed E-state index contributed by atoms with van der Waals surface area (Å²) in [6.45, 7) is 1.90. The number of hydrogen-bond acceptors (Lipinski definition) is 6. The van der Waals surface area contributed by atoms with Crippen LogP contribution in [-0.2, 0) is 9.59 Å². The maximum absolute atomic E-state index is 13.8. The van der Waals surface area contributed by atoms with E-state index < -0.39 is 11.5 Å². The molecule has 164 valence electrons. The molecule has 2 saturated heterocycles. The Morgan fingerprint density at radius 3 is 2.41 bits per heavy atom. The Labute approximate surface area is 184 Å². The zero-order valence-corrected chi connectivity index (χ0v) is 18.0. The molecule has 1 amide bonds. The monoisotopic (exact) mass is 433 g/mol. The molecule has 1 aromatic heterocycles. The molecule has 0 bridgehead atoms. The third kappa shape index (κ3) is 2.77. The number of carbonyl (C=O) groups excluding carboxylic acids is 2. The van der Waals surface area contributed by atoms with E-state index in [1.165, 1.54) is 6.92 Å². The third-order valence-corrected chi connectivity index (χ3v) is 6.29. The first-order valence-corrected chi connectivity index (χ1v) is 10.2. The van der Waals surface area contributed by atoms with E-state index in [4.69, 9.17) is 14.9 Å². The molecule has 2 fully saturated rings. The van der Waals surface area contributed by atoms with Crippen molar-refractivity contribution in [2.45, 2.75) is 18.4 Å². The maximum atomic E-state index is 13.8. The van der Waals surface area contributed by atoms with Gasteiger partial charge < -0.3 is 24.3 Å². The predicted molar refractivity (Wildman–Crippen MR) is 119 cm³/mol. The third-order valence-electron chi connectivity index (χ3n) is 6.29. The number of likely N-dealkylation sites (tertiary alicyclic amines) is 1. The number of imidazole rings is 1. The van der Waals surface area contributed by atoms with Crippen LogP contribution in [0.25, 0.3) is 11.0 Å². The Morgan fingerprint density at radius 2 is 1.81 bits per heavy atom. The number of anilines is 1. The minimum atomic E-state index is -1.04. The number of H-pyrrole nitrogens is 1. The second-order valence-corrected chi connectivity index (χ2v) is 8.13. The fraction of sp³-hybridized carbons (Fsp3) is 0.304. The van der Waals surface area contributed by atoms with E-state index in [9.17, 15) is 9.59 Å². The van der Waals surface area contributed by atoms with Crippen LogP contribution in [-0.4, -0.2) is 65.2 Å². The van der Waals surface area contributed by atoms with Gasteiger partial charge in [0.15, 0.2) is 5.78 Å². The maximum Gasteiger partial charge on any atom is 0.219 e. The van der Waals surface area contributed by atoms with Gasteiger partial charge in [0.25, 0.3) is 0 Å². The Morgan fingerprint density at radius 1 is 1.16 bits per heavy atom. The normalized spacial score (nSPS) is 19.5. The molecule has 2 aliphatic rings. The molecule has 32 heavy (non-hydrogen) atoms. The van der Waals surface area contributed by atoms with Crippen molar-refractivity contribution < 1.29 is 19.1 Å². The standard InChI is InChI=1S/C23H23N5O4/c1-13(29)27-11-23(12-27)20(30)19(22-25-17-6-4-5-7-18(17)26-22)21(24)28(23)14-8-15(31-2)10-16(9-14)32-3/h4-10,19,24H,11-12H2,1-3H3,(H,25,26). The van der Waals surface area contributed by atoms with Crippen molar-refractivity contribution in [1.82, 2.24) is 14.9 Å². The minimum Gasteiger partial charge on any atom is -0.497 e. The molecular formula is C23H23N5O4. The van der Waals surface area contributed by atoms with Gasteiger partial charge in [-0.2, -0.15) is 0 Å². The molecular weight excluding hydrogens is 410 g/mol. The van der Waals surface area contributed by atoms with Gasteiger partial charge in [0.05, 0.1) is 44.0 Å². The first-order valence-electron chi connectivity index (χ1n) is 10.2. The molecule has 2 aromatic carbocycles. The molecule has 2 aliphatic heterocycles. The number of fused-ring (bicyclic) bond motifs is 1. The van der Waals surface area contributed by atoms with Crippen LogP contribution in [0.2, 0.25) is 0 Å². The van der Waals surface area contributed by atoms with Crippen molar-refractivity contribution in [2.24, 2.45) is 0 Å². The number of para-hydroxylation sites is 2. The van der Waals surface area contributed by atoms with Crippen LogP contribution in [0, 0.1) is 5.41 Å². The molecule has 9 heteroatoms. The number of carbonyl (C=O) groups is 2. The second-order valence-electron chi connectivity index (χ2n) is 8.13. The van der Waals surface area contributed by atoms with E-state index in [0.29, 0.717) is 23.0 Å². The van der Waals surface area contributed by atoms with Gasteiger partial charge in [-0.25, -0.2) is 4.98 Å². The largest absolute Gasteiger partial charge is 0.497 e.